The number of hydrogen-bond donors (Lipinski definition) is 1. The average molecular weight is 380 g/mol. The minimum Gasteiger partial charge on any atom is -0.340 e. The molecule has 1 saturated carbocycles. The standard InChI is InChI=1S/C22H22ClN3O/c1-13-4-9-18-19(11-13)25-21(24-18)20-3-2-10-26(20)22(27)17-12-16(17)14-5-7-15(23)8-6-14/h4-9,11,16-17,20H,2-3,10,12H2,1H3,(H,24,25). The fourth-order valence-electron chi connectivity index (χ4n) is 4.38. The monoisotopic (exact) mass is 379 g/mol. The van der Waals surface area contributed by atoms with E-state index in [0.29, 0.717) is 5.92 Å². The van der Waals surface area contributed by atoms with Crippen molar-refractivity contribution in [3.8, 4) is 0 Å². The first-order chi connectivity index (χ1) is 13.1. The molecule has 2 heterocycles. The van der Waals surface area contributed by atoms with Gasteiger partial charge in [0, 0.05) is 17.5 Å². The molecule has 1 N–H and O–H groups in total. The third-order valence-electron chi connectivity index (χ3n) is 5.91. The van der Waals surface area contributed by atoms with Gasteiger partial charge < -0.3 is 9.88 Å². The number of likely N-dealkylation sites (tertiary alicyclic amines) is 1. The van der Waals surface area contributed by atoms with Crippen LogP contribution in [-0.4, -0.2) is 27.3 Å². The zero-order chi connectivity index (χ0) is 18.5. The first-order valence-electron chi connectivity index (χ1n) is 9.62. The lowest BCUT2D eigenvalue weighted by Crippen LogP contribution is -2.32. The highest BCUT2D eigenvalue weighted by Crippen LogP contribution is 2.50. The zero-order valence-corrected chi connectivity index (χ0v) is 16.0. The summed E-state index contributed by atoms with van der Waals surface area (Å²) >= 11 is 5.98. The number of nitrogens with one attached hydrogen (secondary N) is 1. The van der Waals surface area contributed by atoms with Crippen LogP contribution in [0.25, 0.3) is 11.0 Å². The van der Waals surface area contributed by atoms with Crippen LogP contribution < -0.4 is 0 Å². The minimum atomic E-state index is 0.0664. The van der Waals surface area contributed by atoms with Crippen LogP contribution in [0.1, 0.15) is 48.2 Å². The maximum Gasteiger partial charge on any atom is 0.226 e. The van der Waals surface area contributed by atoms with E-state index in [-0.39, 0.29) is 17.9 Å². The lowest BCUT2D eigenvalue weighted by Gasteiger charge is -2.23. The molecule has 3 atom stereocenters. The van der Waals surface area contributed by atoms with Crippen LogP contribution in [0.15, 0.2) is 42.5 Å². The second-order valence-corrected chi connectivity index (χ2v) is 8.27. The summed E-state index contributed by atoms with van der Waals surface area (Å²) in [6, 6.07) is 14.2. The van der Waals surface area contributed by atoms with Crippen LogP contribution in [0, 0.1) is 12.8 Å². The number of carbonyl (C=O) groups excluding carboxylic acids is 1. The highest BCUT2D eigenvalue weighted by atomic mass is 35.5. The van der Waals surface area contributed by atoms with Gasteiger partial charge >= 0.3 is 0 Å². The minimum absolute atomic E-state index is 0.0664. The number of imidazole rings is 1. The van der Waals surface area contributed by atoms with Crippen molar-refractivity contribution in [2.45, 2.75) is 38.1 Å². The van der Waals surface area contributed by atoms with Crippen LogP contribution >= 0.6 is 11.6 Å². The smallest absolute Gasteiger partial charge is 0.226 e. The molecule has 1 aliphatic heterocycles. The topological polar surface area (TPSA) is 49.0 Å². The van der Waals surface area contributed by atoms with Crippen LogP contribution in [-0.2, 0) is 4.79 Å². The number of hydrogen-bond acceptors (Lipinski definition) is 2. The van der Waals surface area contributed by atoms with Gasteiger partial charge in [-0.1, -0.05) is 29.8 Å². The second kappa shape index (κ2) is 6.38. The molecule has 0 spiro atoms. The first-order valence-corrected chi connectivity index (χ1v) is 10.00. The molecule has 3 aromatic rings. The number of aromatic amines is 1. The molecule has 0 radical (unpaired) electrons. The number of halogens is 1. The third kappa shape index (κ3) is 3.02. The molecule has 5 heteroatoms. The Bertz CT molecular complexity index is 1010. The van der Waals surface area contributed by atoms with Crippen molar-refractivity contribution < 1.29 is 4.79 Å². The Hall–Kier alpha value is -2.33. The average Bonchev–Trinajstić information content (AvgIpc) is 3.11. The van der Waals surface area contributed by atoms with Gasteiger partial charge in [0.15, 0.2) is 0 Å². The van der Waals surface area contributed by atoms with Gasteiger partial charge in [0.1, 0.15) is 5.82 Å². The SMILES string of the molecule is Cc1ccc2nc(C3CCCN3C(=O)C3CC3c3ccc(Cl)cc3)[nH]c2c1. The number of rotatable bonds is 3. The number of nitrogens with zero attached hydrogens (tertiary/aromatic N) is 2. The fraction of sp³-hybridized carbons (Fsp3) is 0.364. The summed E-state index contributed by atoms with van der Waals surface area (Å²) in [7, 11) is 0. The highest BCUT2D eigenvalue weighted by molar-refractivity contribution is 6.30. The van der Waals surface area contributed by atoms with Gasteiger partial charge in [0.2, 0.25) is 5.91 Å². The van der Waals surface area contributed by atoms with E-state index in [2.05, 4.69) is 24.0 Å². The van der Waals surface area contributed by atoms with E-state index in [4.69, 9.17) is 16.6 Å². The molecule has 138 valence electrons. The summed E-state index contributed by atoms with van der Waals surface area (Å²) in [6.45, 7) is 2.90. The molecule has 1 aliphatic carbocycles. The first kappa shape index (κ1) is 16.8. The molecule has 5 rings (SSSR count). The van der Waals surface area contributed by atoms with Gasteiger partial charge in [-0.3, -0.25) is 4.79 Å². The number of amides is 1. The molecule has 2 aliphatic rings. The number of aryl methyl sites for hydroxylation is 1. The highest BCUT2D eigenvalue weighted by Gasteiger charge is 2.48. The Morgan fingerprint density at radius 1 is 1.22 bits per heavy atom. The lowest BCUT2D eigenvalue weighted by molar-refractivity contribution is -0.133. The molecule has 3 unspecified atom stereocenters. The Balaban J connectivity index is 1.36. The number of carbonyl (C=O) groups is 1. The molecule has 27 heavy (non-hydrogen) atoms. The summed E-state index contributed by atoms with van der Waals surface area (Å²) in [5.74, 6) is 1.62. The Kier molecular flexibility index (Phi) is 3.97. The maximum atomic E-state index is 13.2. The van der Waals surface area contributed by atoms with Gasteiger partial charge in [0.25, 0.3) is 0 Å². The van der Waals surface area contributed by atoms with E-state index in [1.54, 1.807) is 0 Å². The summed E-state index contributed by atoms with van der Waals surface area (Å²) in [5.41, 5.74) is 4.45. The summed E-state index contributed by atoms with van der Waals surface area (Å²) in [5, 5.41) is 0.738. The molecule has 2 fully saturated rings. The summed E-state index contributed by atoms with van der Waals surface area (Å²) in [4.78, 5) is 23.4. The van der Waals surface area contributed by atoms with E-state index < -0.39 is 0 Å². The Morgan fingerprint density at radius 2 is 2.04 bits per heavy atom. The maximum absolute atomic E-state index is 13.2. The van der Waals surface area contributed by atoms with E-state index in [0.717, 1.165) is 47.7 Å². The number of fused-ring (bicyclic) bond motifs is 1. The zero-order valence-electron chi connectivity index (χ0n) is 15.3. The molecular formula is C22H22ClN3O. The van der Waals surface area contributed by atoms with Crippen LogP contribution in [0.4, 0.5) is 0 Å². The van der Waals surface area contributed by atoms with Crippen molar-refractivity contribution in [1.29, 1.82) is 0 Å². The molecule has 4 nitrogen and oxygen atoms in total. The molecule has 1 amide bonds. The van der Waals surface area contributed by atoms with E-state index >= 15 is 0 Å². The van der Waals surface area contributed by atoms with Crippen molar-refractivity contribution in [2.75, 3.05) is 6.54 Å². The Morgan fingerprint density at radius 3 is 2.85 bits per heavy atom. The fourth-order valence-corrected chi connectivity index (χ4v) is 4.50. The number of aromatic nitrogens is 2. The van der Waals surface area contributed by atoms with Crippen molar-refractivity contribution in [3.05, 3.63) is 64.4 Å². The van der Waals surface area contributed by atoms with Crippen LogP contribution in [0.3, 0.4) is 0 Å². The van der Waals surface area contributed by atoms with Gasteiger partial charge in [-0.2, -0.15) is 0 Å². The second-order valence-electron chi connectivity index (χ2n) is 7.83. The van der Waals surface area contributed by atoms with Gasteiger partial charge in [-0.25, -0.2) is 4.98 Å². The molecule has 0 bridgehead atoms. The predicted molar refractivity (Wildman–Crippen MR) is 107 cm³/mol. The van der Waals surface area contributed by atoms with Crippen molar-refractivity contribution in [1.82, 2.24) is 14.9 Å². The summed E-state index contributed by atoms with van der Waals surface area (Å²) in [6.07, 6.45) is 2.94. The molecule has 1 aromatic heterocycles. The van der Waals surface area contributed by atoms with Gasteiger partial charge in [-0.05, 0) is 67.5 Å². The van der Waals surface area contributed by atoms with Crippen LogP contribution in [0.5, 0.6) is 0 Å². The van der Waals surface area contributed by atoms with E-state index in [1.807, 2.05) is 35.2 Å². The lowest BCUT2D eigenvalue weighted by atomic mass is 10.1. The van der Waals surface area contributed by atoms with Gasteiger partial charge in [-0.15, -0.1) is 0 Å². The Labute approximate surface area is 163 Å². The van der Waals surface area contributed by atoms with E-state index in [1.165, 1.54) is 11.1 Å². The van der Waals surface area contributed by atoms with Gasteiger partial charge in [0.05, 0.1) is 17.1 Å². The van der Waals surface area contributed by atoms with Crippen LogP contribution in [0.2, 0.25) is 5.02 Å². The molecule has 2 aromatic carbocycles. The quantitative estimate of drug-likeness (QED) is 0.696. The van der Waals surface area contributed by atoms with Crippen molar-refractivity contribution in [2.24, 2.45) is 5.92 Å². The van der Waals surface area contributed by atoms with E-state index in [9.17, 15) is 4.79 Å². The third-order valence-corrected chi connectivity index (χ3v) is 6.16. The largest absolute Gasteiger partial charge is 0.340 e. The molecule has 1 saturated heterocycles. The normalized spacial score (nSPS) is 24.5. The molecular weight excluding hydrogens is 358 g/mol. The number of H-pyrrole nitrogens is 1. The predicted octanol–water partition coefficient (Wildman–Crippen LogP) is 4.99. The summed E-state index contributed by atoms with van der Waals surface area (Å²) < 4.78 is 0. The van der Waals surface area contributed by atoms with Crippen molar-refractivity contribution >= 4 is 28.5 Å². The number of benzene rings is 2. The van der Waals surface area contributed by atoms with Crippen molar-refractivity contribution in [3.63, 3.8) is 0 Å².